The summed E-state index contributed by atoms with van der Waals surface area (Å²) in [6, 6.07) is 13.0. The number of ether oxygens (including phenoxy) is 1. The summed E-state index contributed by atoms with van der Waals surface area (Å²) in [5.74, 6) is 1.57. The van der Waals surface area contributed by atoms with Crippen LogP contribution in [0.15, 0.2) is 41.8 Å². The topological polar surface area (TPSA) is 21.3 Å². The van der Waals surface area contributed by atoms with Crippen molar-refractivity contribution in [3.8, 4) is 5.75 Å². The molecule has 1 aromatic carbocycles. The number of nitrogens with one attached hydrogen (secondary N) is 1. The minimum atomic E-state index is 0.387. The van der Waals surface area contributed by atoms with Crippen LogP contribution in [0.25, 0.3) is 0 Å². The first kappa shape index (κ1) is 16.1. The molecule has 0 saturated heterocycles. The zero-order valence-electron chi connectivity index (χ0n) is 13.1. The van der Waals surface area contributed by atoms with Crippen LogP contribution in [-0.2, 0) is 0 Å². The molecule has 1 N–H and O–H groups in total. The molecule has 2 rings (SSSR count). The van der Waals surface area contributed by atoms with Gasteiger partial charge in [0.05, 0.1) is 0 Å². The summed E-state index contributed by atoms with van der Waals surface area (Å²) in [7, 11) is 0. The van der Waals surface area contributed by atoms with Gasteiger partial charge in [-0.05, 0) is 42.3 Å². The van der Waals surface area contributed by atoms with Gasteiger partial charge < -0.3 is 10.1 Å². The van der Waals surface area contributed by atoms with Crippen molar-refractivity contribution in [2.75, 3.05) is 13.2 Å². The van der Waals surface area contributed by atoms with Crippen LogP contribution in [-0.4, -0.2) is 13.2 Å². The molecule has 0 saturated carbocycles. The lowest BCUT2D eigenvalue weighted by Gasteiger charge is -2.17. The monoisotopic (exact) mass is 303 g/mol. The number of hydrogen-bond acceptors (Lipinski definition) is 3. The van der Waals surface area contributed by atoms with E-state index in [1.54, 1.807) is 11.3 Å². The van der Waals surface area contributed by atoms with Crippen molar-refractivity contribution < 1.29 is 4.74 Å². The van der Waals surface area contributed by atoms with Crippen LogP contribution in [0.1, 0.15) is 49.6 Å². The zero-order valence-corrected chi connectivity index (χ0v) is 14.0. The lowest BCUT2D eigenvalue weighted by Crippen LogP contribution is -2.24. The Hall–Kier alpha value is -1.32. The highest BCUT2D eigenvalue weighted by Crippen LogP contribution is 2.28. The number of rotatable bonds is 8. The summed E-state index contributed by atoms with van der Waals surface area (Å²) < 4.78 is 5.97. The first-order valence-electron chi connectivity index (χ1n) is 7.70. The van der Waals surface area contributed by atoms with E-state index in [2.05, 4.69) is 61.8 Å². The second-order valence-electron chi connectivity index (χ2n) is 5.39. The third-order valence-electron chi connectivity index (χ3n) is 3.84. The maximum absolute atomic E-state index is 5.97. The van der Waals surface area contributed by atoms with Crippen LogP contribution in [0.4, 0.5) is 0 Å². The third kappa shape index (κ3) is 4.58. The lowest BCUT2D eigenvalue weighted by molar-refractivity contribution is 0.303. The summed E-state index contributed by atoms with van der Waals surface area (Å²) >= 11 is 1.79. The molecule has 114 valence electrons. The van der Waals surface area contributed by atoms with Crippen LogP contribution in [0.2, 0.25) is 0 Å². The van der Waals surface area contributed by atoms with Crippen molar-refractivity contribution in [3.05, 3.63) is 52.2 Å². The van der Waals surface area contributed by atoms with Gasteiger partial charge in [0, 0.05) is 17.5 Å². The van der Waals surface area contributed by atoms with E-state index in [9.17, 15) is 0 Å². The molecule has 3 heteroatoms. The van der Waals surface area contributed by atoms with E-state index in [4.69, 9.17) is 4.74 Å². The van der Waals surface area contributed by atoms with Crippen LogP contribution in [0, 0.1) is 0 Å². The fraction of sp³-hybridized carbons (Fsp3) is 0.444. The maximum Gasteiger partial charge on any atom is 0.122 e. The van der Waals surface area contributed by atoms with Gasteiger partial charge in [0.2, 0.25) is 0 Å². The van der Waals surface area contributed by atoms with E-state index in [-0.39, 0.29) is 0 Å². The summed E-state index contributed by atoms with van der Waals surface area (Å²) in [5, 5.41) is 5.62. The second-order valence-corrected chi connectivity index (χ2v) is 6.37. The normalized spacial score (nSPS) is 13.9. The average molecular weight is 303 g/mol. The van der Waals surface area contributed by atoms with Crippen LogP contribution < -0.4 is 10.1 Å². The van der Waals surface area contributed by atoms with Crippen molar-refractivity contribution >= 4 is 11.3 Å². The van der Waals surface area contributed by atoms with Gasteiger partial charge >= 0.3 is 0 Å². The molecule has 0 radical (unpaired) electrons. The van der Waals surface area contributed by atoms with Crippen molar-refractivity contribution in [1.82, 2.24) is 5.32 Å². The molecular weight excluding hydrogens is 278 g/mol. The Morgan fingerprint density at radius 2 is 1.95 bits per heavy atom. The highest BCUT2D eigenvalue weighted by Gasteiger charge is 2.09. The Bertz CT molecular complexity index is 524. The van der Waals surface area contributed by atoms with Crippen LogP contribution >= 0.6 is 11.3 Å². The fourth-order valence-electron chi connectivity index (χ4n) is 2.31. The summed E-state index contributed by atoms with van der Waals surface area (Å²) in [6.07, 6.45) is 1.13. The fourth-order valence-corrected chi connectivity index (χ4v) is 3.07. The number of hydrogen-bond donors (Lipinski definition) is 1. The average Bonchev–Trinajstić information content (AvgIpc) is 3.05. The smallest absolute Gasteiger partial charge is 0.122 e. The van der Waals surface area contributed by atoms with E-state index in [0.717, 1.165) is 18.7 Å². The lowest BCUT2D eigenvalue weighted by atomic mass is 9.98. The van der Waals surface area contributed by atoms with Gasteiger partial charge in [-0.2, -0.15) is 0 Å². The molecule has 1 aromatic heterocycles. The first-order valence-corrected chi connectivity index (χ1v) is 8.58. The van der Waals surface area contributed by atoms with Crippen LogP contribution in [0.5, 0.6) is 5.75 Å². The zero-order chi connectivity index (χ0) is 15.1. The van der Waals surface area contributed by atoms with Crippen molar-refractivity contribution in [2.24, 2.45) is 0 Å². The Balaban J connectivity index is 1.81. The predicted molar refractivity (Wildman–Crippen MR) is 91.4 cm³/mol. The van der Waals surface area contributed by atoms with E-state index < -0.39 is 0 Å². The van der Waals surface area contributed by atoms with Crippen molar-refractivity contribution in [3.63, 3.8) is 0 Å². The molecule has 0 aliphatic carbocycles. The van der Waals surface area contributed by atoms with Gasteiger partial charge in [-0.1, -0.05) is 38.1 Å². The largest absolute Gasteiger partial charge is 0.492 e. The SMILES string of the molecule is CCC(C)c1ccccc1OCCNC(C)c1cccs1. The minimum absolute atomic E-state index is 0.387. The summed E-state index contributed by atoms with van der Waals surface area (Å²) in [5.41, 5.74) is 1.31. The molecule has 21 heavy (non-hydrogen) atoms. The summed E-state index contributed by atoms with van der Waals surface area (Å²) in [6.45, 7) is 8.21. The molecule has 0 spiro atoms. The van der Waals surface area contributed by atoms with E-state index in [0.29, 0.717) is 18.6 Å². The number of benzene rings is 1. The van der Waals surface area contributed by atoms with Gasteiger partial charge in [-0.15, -0.1) is 11.3 Å². The number of para-hydroxylation sites is 1. The Morgan fingerprint density at radius 1 is 1.14 bits per heavy atom. The van der Waals surface area contributed by atoms with Gasteiger partial charge in [-0.3, -0.25) is 0 Å². The molecule has 0 fully saturated rings. The minimum Gasteiger partial charge on any atom is -0.492 e. The number of thiophene rings is 1. The predicted octanol–water partition coefficient (Wildman–Crippen LogP) is 4.99. The molecule has 1 heterocycles. The highest BCUT2D eigenvalue weighted by atomic mass is 32.1. The van der Waals surface area contributed by atoms with Gasteiger partial charge in [0.1, 0.15) is 12.4 Å². The third-order valence-corrected chi connectivity index (χ3v) is 4.90. The molecule has 0 aliphatic rings. The summed E-state index contributed by atoms with van der Waals surface area (Å²) in [4.78, 5) is 1.37. The molecule has 0 aliphatic heterocycles. The molecule has 2 atom stereocenters. The van der Waals surface area contributed by atoms with E-state index in [1.807, 2.05) is 6.07 Å². The Labute approximate surface area is 132 Å². The highest BCUT2D eigenvalue weighted by molar-refractivity contribution is 7.10. The van der Waals surface area contributed by atoms with E-state index in [1.165, 1.54) is 10.4 Å². The molecule has 0 bridgehead atoms. The van der Waals surface area contributed by atoms with E-state index >= 15 is 0 Å². The van der Waals surface area contributed by atoms with Crippen molar-refractivity contribution in [2.45, 2.75) is 39.2 Å². The van der Waals surface area contributed by atoms with Gasteiger partial charge in [-0.25, -0.2) is 0 Å². The van der Waals surface area contributed by atoms with Crippen LogP contribution in [0.3, 0.4) is 0 Å². The molecule has 2 aromatic rings. The molecule has 2 unspecified atom stereocenters. The van der Waals surface area contributed by atoms with Gasteiger partial charge in [0.25, 0.3) is 0 Å². The quantitative estimate of drug-likeness (QED) is 0.694. The standard InChI is InChI=1S/C18H25NOS/c1-4-14(2)16-8-5-6-9-17(16)20-12-11-19-15(3)18-10-7-13-21-18/h5-10,13-15,19H,4,11-12H2,1-3H3. The first-order chi connectivity index (χ1) is 10.2. The Morgan fingerprint density at radius 3 is 2.67 bits per heavy atom. The molecule has 2 nitrogen and oxygen atoms in total. The van der Waals surface area contributed by atoms with Crippen molar-refractivity contribution in [1.29, 1.82) is 0 Å². The van der Waals surface area contributed by atoms with Gasteiger partial charge in [0.15, 0.2) is 0 Å². The molecular formula is C18H25NOS. The Kier molecular flexibility index (Phi) is 6.27. The second kappa shape index (κ2) is 8.20. The molecule has 0 amide bonds. The maximum atomic E-state index is 5.97.